The molecule has 0 aliphatic heterocycles. The average molecular weight is 156 g/mol. The molecule has 0 saturated carbocycles. The average Bonchev–Trinajstić information content (AvgIpc) is 2.02. The van der Waals surface area contributed by atoms with Gasteiger partial charge in [-0.1, -0.05) is 25.8 Å². The molecule has 0 aromatic carbocycles. The van der Waals surface area contributed by atoms with E-state index in [0.717, 1.165) is 13.0 Å². The normalized spacial score (nSPS) is 15.9. The van der Waals surface area contributed by atoms with Crippen molar-refractivity contribution in [2.45, 2.75) is 45.6 Å². The van der Waals surface area contributed by atoms with E-state index in [1.165, 1.54) is 12.8 Å². The van der Waals surface area contributed by atoms with Crippen LogP contribution in [-0.2, 0) is 4.74 Å². The predicted octanol–water partition coefficient (Wildman–Crippen LogP) is 3.16. The third-order valence-electron chi connectivity index (χ3n) is 1.93. The van der Waals surface area contributed by atoms with Crippen LogP contribution >= 0.6 is 0 Å². The van der Waals surface area contributed by atoms with Gasteiger partial charge in [-0.3, -0.25) is 0 Å². The molecule has 0 bridgehead atoms. The van der Waals surface area contributed by atoms with Crippen molar-refractivity contribution in [3.05, 3.63) is 12.7 Å². The first kappa shape index (κ1) is 10.7. The van der Waals surface area contributed by atoms with Crippen molar-refractivity contribution in [3.63, 3.8) is 0 Å². The van der Waals surface area contributed by atoms with Crippen LogP contribution in [0.2, 0.25) is 0 Å². The van der Waals surface area contributed by atoms with Crippen molar-refractivity contribution in [1.29, 1.82) is 0 Å². The minimum atomic E-state index is -0.0925. The van der Waals surface area contributed by atoms with Crippen molar-refractivity contribution in [3.8, 4) is 0 Å². The molecule has 0 heterocycles. The van der Waals surface area contributed by atoms with E-state index in [9.17, 15) is 0 Å². The lowest BCUT2D eigenvalue weighted by Crippen LogP contribution is -2.25. The molecule has 0 fully saturated rings. The zero-order valence-electron chi connectivity index (χ0n) is 8.02. The number of rotatable bonds is 6. The molecular weight excluding hydrogens is 136 g/mol. The largest absolute Gasteiger partial charge is 0.372 e. The Morgan fingerprint density at radius 2 is 2.09 bits per heavy atom. The summed E-state index contributed by atoms with van der Waals surface area (Å²) in [6.45, 7) is 10.9. The molecule has 1 unspecified atom stereocenters. The minimum absolute atomic E-state index is 0.0925. The molecule has 0 saturated heterocycles. The fourth-order valence-electron chi connectivity index (χ4n) is 1.09. The van der Waals surface area contributed by atoms with E-state index in [0.29, 0.717) is 0 Å². The van der Waals surface area contributed by atoms with Crippen molar-refractivity contribution in [2.24, 2.45) is 0 Å². The highest BCUT2D eigenvalue weighted by atomic mass is 16.5. The van der Waals surface area contributed by atoms with Crippen LogP contribution in [0.15, 0.2) is 12.7 Å². The van der Waals surface area contributed by atoms with Gasteiger partial charge in [0.2, 0.25) is 0 Å². The maximum Gasteiger partial charge on any atom is 0.0831 e. The van der Waals surface area contributed by atoms with Crippen LogP contribution in [0.25, 0.3) is 0 Å². The highest BCUT2D eigenvalue weighted by molar-refractivity contribution is 4.93. The molecule has 0 aliphatic rings. The fraction of sp³-hybridized carbons (Fsp3) is 0.800. The van der Waals surface area contributed by atoms with Crippen molar-refractivity contribution in [1.82, 2.24) is 0 Å². The van der Waals surface area contributed by atoms with Gasteiger partial charge in [-0.25, -0.2) is 0 Å². The molecule has 66 valence electrons. The van der Waals surface area contributed by atoms with Crippen molar-refractivity contribution >= 4 is 0 Å². The SMILES string of the molecule is C=CC(C)(CCCC)OCC. The van der Waals surface area contributed by atoms with E-state index in [2.05, 4.69) is 20.4 Å². The van der Waals surface area contributed by atoms with Crippen LogP contribution in [-0.4, -0.2) is 12.2 Å². The predicted molar refractivity (Wildman–Crippen MR) is 49.8 cm³/mol. The second-order valence-corrected chi connectivity index (χ2v) is 3.05. The van der Waals surface area contributed by atoms with Gasteiger partial charge in [-0.2, -0.15) is 0 Å². The van der Waals surface area contributed by atoms with E-state index >= 15 is 0 Å². The van der Waals surface area contributed by atoms with E-state index < -0.39 is 0 Å². The van der Waals surface area contributed by atoms with Gasteiger partial charge in [-0.05, 0) is 20.3 Å². The summed E-state index contributed by atoms with van der Waals surface area (Å²) in [5.41, 5.74) is -0.0925. The standard InChI is InChI=1S/C10H20O/c1-5-8-9-10(4,6-2)11-7-3/h6H,2,5,7-9H2,1,3-4H3. The van der Waals surface area contributed by atoms with Crippen molar-refractivity contribution < 1.29 is 4.74 Å². The summed E-state index contributed by atoms with van der Waals surface area (Å²) >= 11 is 0. The zero-order valence-corrected chi connectivity index (χ0v) is 8.02. The van der Waals surface area contributed by atoms with Gasteiger partial charge in [0.25, 0.3) is 0 Å². The fourth-order valence-corrected chi connectivity index (χ4v) is 1.09. The summed E-state index contributed by atoms with van der Waals surface area (Å²) in [6, 6.07) is 0. The molecule has 0 radical (unpaired) electrons. The van der Waals surface area contributed by atoms with Crippen LogP contribution in [0.4, 0.5) is 0 Å². The molecule has 1 atom stereocenters. The summed E-state index contributed by atoms with van der Waals surface area (Å²) in [5.74, 6) is 0. The lowest BCUT2D eigenvalue weighted by Gasteiger charge is -2.25. The van der Waals surface area contributed by atoms with Crippen LogP contribution in [0.1, 0.15) is 40.0 Å². The number of ether oxygens (including phenoxy) is 1. The Labute approximate surface area is 70.4 Å². The van der Waals surface area contributed by atoms with Gasteiger partial charge in [0.05, 0.1) is 5.60 Å². The number of unbranched alkanes of at least 4 members (excludes halogenated alkanes) is 1. The third kappa shape index (κ3) is 4.20. The summed E-state index contributed by atoms with van der Waals surface area (Å²) in [4.78, 5) is 0. The van der Waals surface area contributed by atoms with Crippen LogP contribution in [0, 0.1) is 0 Å². The minimum Gasteiger partial charge on any atom is -0.372 e. The first-order valence-corrected chi connectivity index (χ1v) is 4.46. The number of hydrogen-bond donors (Lipinski definition) is 0. The van der Waals surface area contributed by atoms with E-state index in [4.69, 9.17) is 4.74 Å². The van der Waals surface area contributed by atoms with Gasteiger partial charge in [0, 0.05) is 6.61 Å². The summed E-state index contributed by atoms with van der Waals surface area (Å²) in [5, 5.41) is 0. The lowest BCUT2D eigenvalue weighted by atomic mass is 9.99. The van der Waals surface area contributed by atoms with E-state index in [1.54, 1.807) is 0 Å². The third-order valence-corrected chi connectivity index (χ3v) is 1.93. The molecular formula is C10H20O. The Kier molecular flexibility index (Phi) is 5.22. The first-order chi connectivity index (χ1) is 5.18. The Hall–Kier alpha value is -0.300. The smallest absolute Gasteiger partial charge is 0.0831 e. The quantitative estimate of drug-likeness (QED) is 0.537. The molecule has 1 heteroatoms. The highest BCUT2D eigenvalue weighted by Gasteiger charge is 2.18. The maximum absolute atomic E-state index is 5.56. The summed E-state index contributed by atoms with van der Waals surface area (Å²) in [6.07, 6.45) is 5.42. The second kappa shape index (κ2) is 5.36. The molecule has 0 rings (SSSR count). The molecule has 11 heavy (non-hydrogen) atoms. The van der Waals surface area contributed by atoms with Crippen LogP contribution in [0.5, 0.6) is 0 Å². The summed E-state index contributed by atoms with van der Waals surface area (Å²) < 4.78 is 5.56. The van der Waals surface area contributed by atoms with Gasteiger partial charge in [0.15, 0.2) is 0 Å². The lowest BCUT2D eigenvalue weighted by molar-refractivity contribution is 0.00621. The number of hydrogen-bond acceptors (Lipinski definition) is 1. The molecule has 0 aromatic rings. The molecule has 0 spiro atoms. The van der Waals surface area contributed by atoms with Gasteiger partial charge in [0.1, 0.15) is 0 Å². The second-order valence-electron chi connectivity index (χ2n) is 3.05. The van der Waals surface area contributed by atoms with Gasteiger partial charge in [-0.15, -0.1) is 6.58 Å². The molecule has 0 N–H and O–H groups in total. The highest BCUT2D eigenvalue weighted by Crippen LogP contribution is 2.19. The maximum atomic E-state index is 5.56. The molecule has 0 amide bonds. The van der Waals surface area contributed by atoms with Gasteiger partial charge < -0.3 is 4.74 Å². The zero-order chi connectivity index (χ0) is 8.74. The van der Waals surface area contributed by atoms with Crippen molar-refractivity contribution in [2.75, 3.05) is 6.61 Å². The first-order valence-electron chi connectivity index (χ1n) is 4.46. The Balaban J connectivity index is 3.77. The molecule has 0 aliphatic carbocycles. The Bertz CT molecular complexity index is 109. The Morgan fingerprint density at radius 3 is 2.45 bits per heavy atom. The summed E-state index contributed by atoms with van der Waals surface area (Å²) in [7, 11) is 0. The van der Waals surface area contributed by atoms with E-state index in [-0.39, 0.29) is 5.60 Å². The van der Waals surface area contributed by atoms with E-state index in [1.807, 2.05) is 13.0 Å². The molecule has 1 nitrogen and oxygen atoms in total. The topological polar surface area (TPSA) is 9.23 Å². The van der Waals surface area contributed by atoms with Crippen LogP contribution < -0.4 is 0 Å². The Morgan fingerprint density at radius 1 is 1.45 bits per heavy atom. The van der Waals surface area contributed by atoms with Crippen LogP contribution in [0.3, 0.4) is 0 Å². The monoisotopic (exact) mass is 156 g/mol. The molecule has 0 aromatic heterocycles. The van der Waals surface area contributed by atoms with Gasteiger partial charge >= 0.3 is 0 Å².